The van der Waals surface area contributed by atoms with Gasteiger partial charge in [-0.05, 0) is 11.1 Å². The van der Waals surface area contributed by atoms with Crippen LogP contribution in [0.15, 0.2) is 24.3 Å². The topological polar surface area (TPSA) is 102 Å². The van der Waals surface area contributed by atoms with Gasteiger partial charge in [0.25, 0.3) is 0 Å². The van der Waals surface area contributed by atoms with Crippen LogP contribution in [-0.4, -0.2) is 30.1 Å². The smallest absolute Gasteiger partial charge is 0.305 e. The number of carboxylic acid groups (broad SMARTS) is 1. The van der Waals surface area contributed by atoms with E-state index >= 15 is 0 Å². The van der Waals surface area contributed by atoms with Gasteiger partial charge >= 0.3 is 5.97 Å². The lowest BCUT2D eigenvalue weighted by molar-refractivity contribution is -0.139. The summed E-state index contributed by atoms with van der Waals surface area (Å²) in [4.78, 5) is 22.0. The zero-order chi connectivity index (χ0) is 14.3. The van der Waals surface area contributed by atoms with E-state index in [0.29, 0.717) is 13.2 Å². The molecule has 0 aliphatic rings. The largest absolute Gasteiger partial charge is 0.481 e. The fourth-order valence-corrected chi connectivity index (χ4v) is 1.62. The van der Waals surface area contributed by atoms with Crippen molar-refractivity contribution in [2.75, 3.05) is 7.11 Å². The second-order valence-corrected chi connectivity index (χ2v) is 4.12. The van der Waals surface area contributed by atoms with E-state index in [1.165, 1.54) is 0 Å². The van der Waals surface area contributed by atoms with Gasteiger partial charge in [0.2, 0.25) is 5.91 Å². The third-order valence-corrected chi connectivity index (χ3v) is 2.60. The number of aliphatic carboxylic acids is 1. The molecule has 0 saturated carbocycles. The zero-order valence-electron chi connectivity index (χ0n) is 10.8. The predicted molar refractivity (Wildman–Crippen MR) is 69.2 cm³/mol. The van der Waals surface area contributed by atoms with E-state index in [1.807, 2.05) is 24.3 Å². The Labute approximate surface area is 111 Å². The first-order chi connectivity index (χ1) is 9.04. The summed E-state index contributed by atoms with van der Waals surface area (Å²) in [6.45, 7) is 0.749. The van der Waals surface area contributed by atoms with Crippen molar-refractivity contribution in [1.82, 2.24) is 5.32 Å². The molecule has 19 heavy (non-hydrogen) atoms. The van der Waals surface area contributed by atoms with Crippen LogP contribution in [0.5, 0.6) is 0 Å². The highest BCUT2D eigenvalue weighted by molar-refractivity contribution is 5.85. The Bertz CT molecular complexity index is 448. The molecule has 0 bridgehead atoms. The first-order valence-corrected chi connectivity index (χ1v) is 5.85. The molecule has 104 valence electrons. The van der Waals surface area contributed by atoms with Crippen LogP contribution in [0.4, 0.5) is 0 Å². The number of nitrogens with two attached hydrogens (primary N) is 1. The minimum atomic E-state index is -1.09. The molecule has 1 unspecified atom stereocenters. The fourth-order valence-electron chi connectivity index (χ4n) is 1.62. The van der Waals surface area contributed by atoms with Crippen molar-refractivity contribution in [2.45, 2.75) is 25.6 Å². The van der Waals surface area contributed by atoms with E-state index in [-0.39, 0.29) is 6.42 Å². The number of hydrogen-bond donors (Lipinski definition) is 3. The summed E-state index contributed by atoms with van der Waals surface area (Å²) in [5.41, 5.74) is 7.35. The summed E-state index contributed by atoms with van der Waals surface area (Å²) >= 11 is 0. The second-order valence-electron chi connectivity index (χ2n) is 4.12. The number of hydrogen-bond acceptors (Lipinski definition) is 4. The second kappa shape index (κ2) is 7.50. The highest BCUT2D eigenvalue weighted by Gasteiger charge is 2.16. The molecule has 6 heteroatoms. The number of carbonyl (C=O) groups is 2. The Morgan fingerprint density at radius 1 is 1.37 bits per heavy atom. The van der Waals surface area contributed by atoms with E-state index in [4.69, 9.17) is 15.6 Å². The first-order valence-electron chi connectivity index (χ1n) is 5.85. The van der Waals surface area contributed by atoms with Gasteiger partial charge in [0.1, 0.15) is 0 Å². The van der Waals surface area contributed by atoms with Crippen molar-refractivity contribution < 1.29 is 19.4 Å². The molecule has 1 aromatic rings. The third kappa shape index (κ3) is 5.07. The predicted octanol–water partition coefficient (Wildman–Crippen LogP) is 0.251. The monoisotopic (exact) mass is 266 g/mol. The number of carboxylic acids is 1. The molecule has 0 spiro atoms. The molecule has 0 aromatic heterocycles. The number of ether oxygens (including phenoxy) is 1. The molecule has 6 nitrogen and oxygen atoms in total. The van der Waals surface area contributed by atoms with Crippen LogP contribution < -0.4 is 11.1 Å². The molecule has 0 saturated heterocycles. The van der Waals surface area contributed by atoms with E-state index in [1.54, 1.807) is 7.11 Å². The summed E-state index contributed by atoms with van der Waals surface area (Å²) < 4.78 is 5.06. The summed E-state index contributed by atoms with van der Waals surface area (Å²) in [6.07, 6.45) is -0.383. The van der Waals surface area contributed by atoms with Gasteiger partial charge in [-0.3, -0.25) is 9.59 Å². The number of carbonyl (C=O) groups excluding carboxylic acids is 1. The minimum Gasteiger partial charge on any atom is -0.481 e. The lowest BCUT2D eigenvalue weighted by atomic mass is 10.1. The van der Waals surface area contributed by atoms with Gasteiger partial charge in [-0.2, -0.15) is 0 Å². The molecule has 0 heterocycles. The maximum Gasteiger partial charge on any atom is 0.305 e. The van der Waals surface area contributed by atoms with Gasteiger partial charge in [-0.1, -0.05) is 24.3 Å². The molecular formula is C13H18N2O4. The summed E-state index contributed by atoms with van der Waals surface area (Å²) in [7, 11) is 1.60. The molecule has 0 fully saturated rings. The molecule has 1 aromatic carbocycles. The Morgan fingerprint density at radius 2 is 2.00 bits per heavy atom. The first kappa shape index (κ1) is 15.1. The molecule has 1 amide bonds. The molecule has 1 rings (SSSR count). The Morgan fingerprint density at radius 3 is 2.58 bits per heavy atom. The van der Waals surface area contributed by atoms with Crippen LogP contribution in [0.2, 0.25) is 0 Å². The van der Waals surface area contributed by atoms with Crippen LogP contribution in [0.1, 0.15) is 17.5 Å². The van der Waals surface area contributed by atoms with Crippen molar-refractivity contribution in [3.63, 3.8) is 0 Å². The molecule has 0 radical (unpaired) electrons. The van der Waals surface area contributed by atoms with Crippen molar-refractivity contribution in [3.8, 4) is 0 Å². The SMILES string of the molecule is COCc1ccccc1CNC(=O)C(N)CC(=O)O. The zero-order valence-corrected chi connectivity index (χ0v) is 10.8. The summed E-state index contributed by atoms with van der Waals surface area (Å²) in [5, 5.41) is 11.2. The standard InChI is InChI=1S/C13H18N2O4/c1-19-8-10-5-3-2-4-9(10)7-15-13(18)11(14)6-12(16)17/h2-5,11H,6-8,14H2,1H3,(H,15,18)(H,16,17). The number of rotatable bonds is 7. The summed E-state index contributed by atoms with van der Waals surface area (Å²) in [5.74, 6) is -1.57. The lowest BCUT2D eigenvalue weighted by Crippen LogP contribution is -2.41. The Kier molecular flexibility index (Phi) is 5.98. The molecular weight excluding hydrogens is 248 g/mol. The fraction of sp³-hybridized carbons (Fsp3) is 0.385. The van der Waals surface area contributed by atoms with E-state index in [0.717, 1.165) is 11.1 Å². The van der Waals surface area contributed by atoms with Gasteiger partial charge in [0.05, 0.1) is 19.1 Å². The molecule has 0 aliphatic heterocycles. The van der Waals surface area contributed by atoms with Crippen LogP contribution in [-0.2, 0) is 27.5 Å². The van der Waals surface area contributed by atoms with Crippen molar-refractivity contribution in [2.24, 2.45) is 5.73 Å². The Balaban J connectivity index is 2.56. The average molecular weight is 266 g/mol. The van der Waals surface area contributed by atoms with Crippen LogP contribution >= 0.6 is 0 Å². The number of benzene rings is 1. The number of methoxy groups -OCH3 is 1. The van der Waals surface area contributed by atoms with Gasteiger partial charge in [0.15, 0.2) is 0 Å². The van der Waals surface area contributed by atoms with Crippen LogP contribution in [0.3, 0.4) is 0 Å². The van der Waals surface area contributed by atoms with E-state index in [2.05, 4.69) is 5.32 Å². The lowest BCUT2D eigenvalue weighted by Gasteiger charge is -2.12. The minimum absolute atomic E-state index is 0.297. The number of amides is 1. The van der Waals surface area contributed by atoms with Crippen molar-refractivity contribution in [3.05, 3.63) is 35.4 Å². The quantitative estimate of drug-likeness (QED) is 0.656. The van der Waals surface area contributed by atoms with Crippen LogP contribution in [0.25, 0.3) is 0 Å². The van der Waals surface area contributed by atoms with Gasteiger partial charge in [0, 0.05) is 13.7 Å². The molecule has 0 aliphatic carbocycles. The van der Waals surface area contributed by atoms with Crippen LogP contribution in [0, 0.1) is 0 Å². The highest BCUT2D eigenvalue weighted by Crippen LogP contribution is 2.09. The highest BCUT2D eigenvalue weighted by atomic mass is 16.5. The normalized spacial score (nSPS) is 11.9. The average Bonchev–Trinajstić information content (AvgIpc) is 2.37. The van der Waals surface area contributed by atoms with Gasteiger partial charge < -0.3 is 20.9 Å². The number of nitrogens with one attached hydrogen (secondary N) is 1. The maximum absolute atomic E-state index is 11.6. The van der Waals surface area contributed by atoms with E-state index in [9.17, 15) is 9.59 Å². The summed E-state index contributed by atoms with van der Waals surface area (Å²) in [6, 6.07) is 6.49. The van der Waals surface area contributed by atoms with Gasteiger partial charge in [-0.15, -0.1) is 0 Å². The molecule has 1 atom stereocenters. The third-order valence-electron chi connectivity index (χ3n) is 2.60. The van der Waals surface area contributed by atoms with Gasteiger partial charge in [-0.25, -0.2) is 0 Å². The van der Waals surface area contributed by atoms with Crippen molar-refractivity contribution >= 4 is 11.9 Å². The Hall–Kier alpha value is -1.92. The van der Waals surface area contributed by atoms with Crippen molar-refractivity contribution in [1.29, 1.82) is 0 Å². The maximum atomic E-state index is 11.6. The van der Waals surface area contributed by atoms with E-state index < -0.39 is 17.9 Å². The molecule has 4 N–H and O–H groups in total.